The van der Waals surface area contributed by atoms with Gasteiger partial charge in [-0.25, -0.2) is 0 Å². The van der Waals surface area contributed by atoms with Crippen LogP contribution in [0.5, 0.6) is 0 Å². The van der Waals surface area contributed by atoms with E-state index in [4.69, 9.17) is 19.9 Å². The van der Waals surface area contributed by atoms with Gasteiger partial charge in [-0.3, -0.25) is 0 Å². The van der Waals surface area contributed by atoms with Gasteiger partial charge in [0.15, 0.2) is 0 Å². The zero-order valence-corrected chi connectivity index (χ0v) is 12.0. The van der Waals surface area contributed by atoms with Crippen LogP contribution in [0, 0.1) is 6.92 Å². The first-order valence-corrected chi connectivity index (χ1v) is 7.10. The summed E-state index contributed by atoms with van der Waals surface area (Å²) in [5.41, 5.74) is 7.00. The average molecular weight is 273 g/mol. The first kappa shape index (κ1) is 15.6. The highest BCUT2D eigenvalue weighted by Crippen LogP contribution is 2.25. The summed E-state index contributed by atoms with van der Waals surface area (Å²) in [6.45, 7) is 5.26. The lowest BCUT2D eigenvalue weighted by molar-refractivity contribution is 0.0272. The zero-order valence-electron chi connectivity index (χ0n) is 11.2. The number of thiophene rings is 1. The highest BCUT2D eigenvalue weighted by atomic mass is 32.1. The highest BCUT2D eigenvalue weighted by molar-refractivity contribution is 7.10. The van der Waals surface area contributed by atoms with Crippen LogP contribution in [0.25, 0.3) is 0 Å². The van der Waals surface area contributed by atoms with E-state index in [1.807, 2.05) is 0 Å². The van der Waals surface area contributed by atoms with Gasteiger partial charge in [0.25, 0.3) is 0 Å². The number of methoxy groups -OCH3 is 1. The predicted molar refractivity (Wildman–Crippen MR) is 74.1 cm³/mol. The number of ether oxygens (including phenoxy) is 3. The van der Waals surface area contributed by atoms with Gasteiger partial charge in [0.05, 0.1) is 13.2 Å². The van der Waals surface area contributed by atoms with E-state index in [1.54, 1.807) is 18.4 Å². The largest absolute Gasteiger partial charge is 0.382 e. The Bertz CT molecular complexity index is 317. The molecule has 0 aromatic carbocycles. The van der Waals surface area contributed by atoms with Crippen molar-refractivity contribution >= 4 is 11.3 Å². The van der Waals surface area contributed by atoms with Gasteiger partial charge in [-0.2, -0.15) is 0 Å². The van der Waals surface area contributed by atoms with Crippen molar-refractivity contribution < 1.29 is 14.2 Å². The normalized spacial score (nSPS) is 12.8. The lowest BCUT2D eigenvalue weighted by atomic mass is 10.2. The first-order chi connectivity index (χ1) is 8.79. The molecule has 0 amide bonds. The molecule has 18 heavy (non-hydrogen) atoms. The smallest absolute Gasteiger partial charge is 0.104 e. The van der Waals surface area contributed by atoms with E-state index < -0.39 is 0 Å². The van der Waals surface area contributed by atoms with Crippen LogP contribution in [-0.2, 0) is 14.2 Å². The second-order valence-electron chi connectivity index (χ2n) is 4.02. The summed E-state index contributed by atoms with van der Waals surface area (Å²) in [6, 6.07) is 2.10. The molecule has 1 aromatic rings. The van der Waals surface area contributed by atoms with Gasteiger partial charge in [-0.15, -0.1) is 11.3 Å². The Morgan fingerprint density at radius 3 is 2.72 bits per heavy atom. The van der Waals surface area contributed by atoms with E-state index in [9.17, 15) is 0 Å². The summed E-state index contributed by atoms with van der Waals surface area (Å²) in [5, 5.41) is 2.07. The van der Waals surface area contributed by atoms with Crippen molar-refractivity contribution in [2.75, 3.05) is 40.1 Å². The molecule has 0 aliphatic heterocycles. The van der Waals surface area contributed by atoms with Crippen LogP contribution < -0.4 is 5.73 Å². The Morgan fingerprint density at radius 1 is 1.28 bits per heavy atom. The van der Waals surface area contributed by atoms with Crippen LogP contribution in [0.15, 0.2) is 11.4 Å². The fourth-order valence-corrected chi connectivity index (χ4v) is 2.58. The standard InChI is InChI=1S/C13H23NO3S/c1-11-4-9-18-13(11)12(10-14)17-6-3-5-16-8-7-15-2/h4,9,12H,3,5-8,10,14H2,1-2H3. The van der Waals surface area contributed by atoms with Gasteiger partial charge < -0.3 is 19.9 Å². The second kappa shape index (κ2) is 9.47. The molecule has 0 bridgehead atoms. The third-order valence-electron chi connectivity index (χ3n) is 2.59. The Labute approximate surface area is 113 Å². The van der Waals surface area contributed by atoms with Crippen LogP contribution in [0.4, 0.5) is 0 Å². The zero-order chi connectivity index (χ0) is 13.2. The topological polar surface area (TPSA) is 53.7 Å². The molecule has 0 aliphatic carbocycles. The second-order valence-corrected chi connectivity index (χ2v) is 4.97. The minimum Gasteiger partial charge on any atom is -0.382 e. The van der Waals surface area contributed by atoms with E-state index in [0.717, 1.165) is 6.42 Å². The molecule has 1 atom stereocenters. The Hall–Kier alpha value is -0.460. The van der Waals surface area contributed by atoms with Crippen molar-refractivity contribution in [2.45, 2.75) is 19.4 Å². The van der Waals surface area contributed by atoms with Gasteiger partial charge in [0, 0.05) is 31.7 Å². The molecule has 5 heteroatoms. The van der Waals surface area contributed by atoms with Gasteiger partial charge in [-0.1, -0.05) is 0 Å². The molecule has 0 spiro atoms. The molecule has 1 rings (SSSR count). The van der Waals surface area contributed by atoms with E-state index in [2.05, 4.69) is 18.4 Å². The van der Waals surface area contributed by atoms with Crippen LogP contribution in [0.3, 0.4) is 0 Å². The molecule has 1 aromatic heterocycles. The summed E-state index contributed by atoms with van der Waals surface area (Å²) < 4.78 is 16.1. The number of hydrogen-bond donors (Lipinski definition) is 1. The summed E-state index contributed by atoms with van der Waals surface area (Å²) in [5.74, 6) is 0. The van der Waals surface area contributed by atoms with E-state index in [-0.39, 0.29) is 6.10 Å². The lowest BCUT2D eigenvalue weighted by Crippen LogP contribution is -2.17. The van der Waals surface area contributed by atoms with E-state index in [0.29, 0.717) is 33.0 Å². The van der Waals surface area contributed by atoms with Gasteiger partial charge in [0.1, 0.15) is 6.10 Å². The molecule has 0 saturated carbocycles. The summed E-state index contributed by atoms with van der Waals surface area (Å²) >= 11 is 1.70. The van der Waals surface area contributed by atoms with Crippen molar-refractivity contribution in [3.8, 4) is 0 Å². The number of hydrogen-bond acceptors (Lipinski definition) is 5. The fourth-order valence-electron chi connectivity index (χ4n) is 1.60. The molecule has 4 nitrogen and oxygen atoms in total. The molecule has 0 fully saturated rings. The monoisotopic (exact) mass is 273 g/mol. The summed E-state index contributed by atoms with van der Waals surface area (Å²) in [6.07, 6.45) is 0.897. The Kier molecular flexibility index (Phi) is 8.20. The number of rotatable bonds is 10. The molecule has 1 unspecified atom stereocenters. The average Bonchev–Trinajstić information content (AvgIpc) is 2.79. The van der Waals surface area contributed by atoms with Crippen LogP contribution >= 0.6 is 11.3 Å². The molecular weight excluding hydrogens is 250 g/mol. The Morgan fingerprint density at radius 2 is 2.11 bits per heavy atom. The third kappa shape index (κ3) is 5.46. The minimum absolute atomic E-state index is 0.0176. The van der Waals surface area contributed by atoms with Crippen molar-refractivity contribution in [1.29, 1.82) is 0 Å². The maximum absolute atomic E-state index is 5.80. The minimum atomic E-state index is 0.0176. The quantitative estimate of drug-likeness (QED) is 0.664. The van der Waals surface area contributed by atoms with Crippen molar-refractivity contribution in [1.82, 2.24) is 0 Å². The number of nitrogens with two attached hydrogens (primary N) is 1. The SMILES string of the molecule is COCCOCCCOC(CN)c1sccc1C. The molecule has 1 heterocycles. The van der Waals surface area contributed by atoms with Crippen molar-refractivity contribution in [2.24, 2.45) is 5.73 Å². The summed E-state index contributed by atoms with van der Waals surface area (Å²) in [4.78, 5) is 1.23. The van der Waals surface area contributed by atoms with E-state index >= 15 is 0 Å². The molecule has 0 saturated heterocycles. The maximum atomic E-state index is 5.80. The van der Waals surface area contributed by atoms with Crippen LogP contribution in [0.1, 0.15) is 23.0 Å². The first-order valence-electron chi connectivity index (χ1n) is 6.22. The predicted octanol–water partition coefficient (Wildman–Crippen LogP) is 2.13. The lowest BCUT2D eigenvalue weighted by Gasteiger charge is -2.15. The molecule has 0 aliphatic rings. The molecule has 2 N–H and O–H groups in total. The molecule has 0 radical (unpaired) electrons. The van der Waals surface area contributed by atoms with Crippen LogP contribution in [-0.4, -0.2) is 40.1 Å². The Balaban J connectivity index is 2.15. The summed E-state index contributed by atoms with van der Waals surface area (Å²) in [7, 11) is 1.67. The number of aryl methyl sites for hydroxylation is 1. The van der Waals surface area contributed by atoms with Crippen molar-refractivity contribution in [3.63, 3.8) is 0 Å². The van der Waals surface area contributed by atoms with E-state index in [1.165, 1.54) is 10.4 Å². The van der Waals surface area contributed by atoms with Gasteiger partial charge in [-0.05, 0) is 30.4 Å². The maximum Gasteiger partial charge on any atom is 0.104 e. The van der Waals surface area contributed by atoms with Crippen LogP contribution in [0.2, 0.25) is 0 Å². The molecular formula is C13H23NO3S. The van der Waals surface area contributed by atoms with Crippen molar-refractivity contribution in [3.05, 3.63) is 21.9 Å². The highest BCUT2D eigenvalue weighted by Gasteiger charge is 2.13. The molecule has 104 valence electrons. The third-order valence-corrected chi connectivity index (χ3v) is 3.70. The fraction of sp³-hybridized carbons (Fsp3) is 0.692. The van der Waals surface area contributed by atoms with Gasteiger partial charge >= 0.3 is 0 Å². The van der Waals surface area contributed by atoms with Gasteiger partial charge in [0.2, 0.25) is 0 Å².